The van der Waals surface area contributed by atoms with E-state index in [0.29, 0.717) is 17.9 Å². The molecule has 0 bridgehead atoms. The van der Waals surface area contributed by atoms with E-state index in [1.807, 2.05) is 0 Å². The van der Waals surface area contributed by atoms with E-state index in [1.165, 1.54) is 25.7 Å². The highest BCUT2D eigenvalue weighted by molar-refractivity contribution is 5.42. The lowest BCUT2D eigenvalue weighted by Gasteiger charge is -2.35. The highest BCUT2D eigenvalue weighted by atomic mass is 15.3. The molecule has 1 aliphatic heterocycles. The van der Waals surface area contributed by atoms with Gasteiger partial charge >= 0.3 is 0 Å². The zero-order valence-electron chi connectivity index (χ0n) is 15.5. The van der Waals surface area contributed by atoms with Gasteiger partial charge in [-0.05, 0) is 39.4 Å². The molecule has 0 spiro atoms. The van der Waals surface area contributed by atoms with Gasteiger partial charge in [-0.3, -0.25) is 0 Å². The molecular weight excluding hydrogens is 302 g/mol. The van der Waals surface area contributed by atoms with E-state index in [2.05, 4.69) is 51.1 Å². The number of nitrogen functional groups attached to an aromatic ring is 1. The van der Waals surface area contributed by atoms with Crippen LogP contribution in [0.4, 0.5) is 17.8 Å². The summed E-state index contributed by atoms with van der Waals surface area (Å²) in [7, 11) is 4.22. The molecule has 1 saturated heterocycles. The lowest BCUT2D eigenvalue weighted by molar-refractivity contribution is 0.252. The first kappa shape index (κ1) is 18.7. The number of unbranched alkanes of at least 4 members (excludes halogenated alkanes) is 4. The van der Waals surface area contributed by atoms with E-state index in [-0.39, 0.29) is 5.95 Å². The Morgan fingerprint density at radius 2 is 1.83 bits per heavy atom. The van der Waals surface area contributed by atoms with Gasteiger partial charge in [-0.25, -0.2) is 0 Å². The number of nitrogens with zero attached hydrogens (tertiary/aromatic N) is 5. The Bertz CT molecular complexity index is 486. The van der Waals surface area contributed by atoms with Crippen molar-refractivity contribution in [2.45, 2.75) is 57.9 Å². The Hall–Kier alpha value is -1.63. The van der Waals surface area contributed by atoms with E-state index < -0.39 is 0 Å². The largest absolute Gasteiger partial charge is 0.368 e. The molecule has 2 rings (SSSR count). The minimum atomic E-state index is 0.285. The predicted molar refractivity (Wildman–Crippen MR) is 100 cm³/mol. The van der Waals surface area contributed by atoms with E-state index in [4.69, 9.17) is 5.73 Å². The molecule has 1 aromatic rings. The van der Waals surface area contributed by atoms with Crippen molar-refractivity contribution in [2.24, 2.45) is 0 Å². The fraction of sp³-hybridized carbons (Fsp3) is 0.824. The zero-order valence-corrected chi connectivity index (χ0v) is 15.5. The van der Waals surface area contributed by atoms with Crippen LogP contribution in [0, 0.1) is 0 Å². The average Bonchev–Trinajstić information content (AvgIpc) is 2.57. The second-order valence-electron chi connectivity index (χ2n) is 6.80. The summed E-state index contributed by atoms with van der Waals surface area (Å²) < 4.78 is 0. The molecule has 0 saturated carbocycles. The first-order valence-electron chi connectivity index (χ1n) is 9.27. The summed E-state index contributed by atoms with van der Waals surface area (Å²) in [6, 6.07) is 0.463. The van der Waals surface area contributed by atoms with Crippen LogP contribution in [0.1, 0.15) is 51.9 Å². The molecule has 0 atom stereocenters. The highest BCUT2D eigenvalue weighted by Gasteiger charge is 2.23. The molecule has 3 N–H and O–H groups in total. The molecule has 0 amide bonds. The summed E-state index contributed by atoms with van der Waals surface area (Å²) in [5.41, 5.74) is 5.88. The second kappa shape index (κ2) is 9.61. The van der Waals surface area contributed by atoms with Gasteiger partial charge in [-0.1, -0.05) is 32.6 Å². The second-order valence-corrected chi connectivity index (χ2v) is 6.80. The molecule has 1 aliphatic rings. The standard InChI is InChI=1S/C17H33N7/c1-4-5-6-7-8-11-19-16-20-15(18)21-17(22-16)24(3)14-9-12-23(2)13-10-14/h14H,4-13H2,1-3H3,(H3,18,19,20,21,22). The van der Waals surface area contributed by atoms with Crippen LogP contribution in [0.2, 0.25) is 0 Å². The molecule has 24 heavy (non-hydrogen) atoms. The van der Waals surface area contributed by atoms with Gasteiger partial charge in [-0.2, -0.15) is 15.0 Å². The van der Waals surface area contributed by atoms with Crippen molar-refractivity contribution < 1.29 is 0 Å². The van der Waals surface area contributed by atoms with Gasteiger partial charge in [0.15, 0.2) is 0 Å². The van der Waals surface area contributed by atoms with Crippen molar-refractivity contribution in [2.75, 3.05) is 49.7 Å². The van der Waals surface area contributed by atoms with Gasteiger partial charge in [0.2, 0.25) is 17.8 Å². The molecular formula is C17H33N7. The molecule has 0 aliphatic carbocycles. The van der Waals surface area contributed by atoms with Gasteiger partial charge in [0.25, 0.3) is 0 Å². The maximum Gasteiger partial charge on any atom is 0.231 e. The maximum atomic E-state index is 5.88. The third kappa shape index (κ3) is 5.78. The van der Waals surface area contributed by atoms with Crippen LogP contribution in [0.3, 0.4) is 0 Å². The van der Waals surface area contributed by atoms with Crippen molar-refractivity contribution in [3.05, 3.63) is 0 Å². The number of rotatable bonds is 9. The number of piperidine rings is 1. The summed E-state index contributed by atoms with van der Waals surface area (Å²) in [6.07, 6.45) is 8.49. The lowest BCUT2D eigenvalue weighted by atomic mass is 10.0. The van der Waals surface area contributed by atoms with Crippen LogP contribution in [0.15, 0.2) is 0 Å². The first-order chi connectivity index (χ1) is 11.6. The minimum absolute atomic E-state index is 0.285. The summed E-state index contributed by atoms with van der Waals surface area (Å²) in [6.45, 7) is 5.33. The van der Waals surface area contributed by atoms with Crippen LogP contribution in [-0.2, 0) is 0 Å². The fourth-order valence-electron chi connectivity index (χ4n) is 3.09. The van der Waals surface area contributed by atoms with Crippen molar-refractivity contribution in [1.29, 1.82) is 0 Å². The Kier molecular flexibility index (Phi) is 7.49. The molecule has 0 aromatic carbocycles. The molecule has 0 unspecified atom stereocenters. The smallest absolute Gasteiger partial charge is 0.231 e. The maximum absolute atomic E-state index is 5.88. The van der Waals surface area contributed by atoms with E-state index in [9.17, 15) is 0 Å². The highest BCUT2D eigenvalue weighted by Crippen LogP contribution is 2.20. The molecule has 1 aromatic heterocycles. The number of hydrogen-bond donors (Lipinski definition) is 2. The fourth-order valence-corrected chi connectivity index (χ4v) is 3.09. The molecule has 2 heterocycles. The third-order valence-corrected chi connectivity index (χ3v) is 4.76. The number of anilines is 3. The molecule has 7 nitrogen and oxygen atoms in total. The summed E-state index contributed by atoms with van der Waals surface area (Å²) in [4.78, 5) is 17.6. The monoisotopic (exact) mass is 335 g/mol. The number of nitrogens with two attached hydrogens (primary N) is 1. The number of hydrogen-bond acceptors (Lipinski definition) is 7. The molecule has 1 fully saturated rings. The van der Waals surface area contributed by atoms with Gasteiger partial charge in [0, 0.05) is 19.6 Å². The van der Waals surface area contributed by atoms with Crippen molar-refractivity contribution >= 4 is 17.8 Å². The topological polar surface area (TPSA) is 83.2 Å². The Balaban J connectivity index is 1.88. The minimum Gasteiger partial charge on any atom is -0.368 e. The van der Waals surface area contributed by atoms with Crippen LogP contribution >= 0.6 is 0 Å². The van der Waals surface area contributed by atoms with Crippen LogP contribution in [-0.4, -0.2) is 59.6 Å². The van der Waals surface area contributed by atoms with E-state index >= 15 is 0 Å². The normalized spacial score (nSPS) is 16.3. The summed E-state index contributed by atoms with van der Waals surface area (Å²) in [5, 5.41) is 3.29. The number of likely N-dealkylation sites (tertiary alicyclic amines) is 1. The van der Waals surface area contributed by atoms with Crippen molar-refractivity contribution in [3.8, 4) is 0 Å². The summed E-state index contributed by atoms with van der Waals surface area (Å²) >= 11 is 0. The van der Waals surface area contributed by atoms with Gasteiger partial charge in [-0.15, -0.1) is 0 Å². The Labute approximate surface area is 146 Å². The number of nitrogens with one attached hydrogen (secondary N) is 1. The van der Waals surface area contributed by atoms with Crippen molar-refractivity contribution in [3.63, 3.8) is 0 Å². The Morgan fingerprint density at radius 3 is 2.54 bits per heavy atom. The van der Waals surface area contributed by atoms with Crippen LogP contribution < -0.4 is 16.0 Å². The van der Waals surface area contributed by atoms with Gasteiger partial charge in [0.05, 0.1) is 0 Å². The van der Waals surface area contributed by atoms with E-state index in [0.717, 1.165) is 38.9 Å². The van der Waals surface area contributed by atoms with Gasteiger partial charge < -0.3 is 20.9 Å². The quantitative estimate of drug-likeness (QED) is 0.670. The predicted octanol–water partition coefficient (Wildman–Crippen LogP) is 2.37. The summed E-state index contributed by atoms with van der Waals surface area (Å²) in [5.74, 6) is 1.55. The third-order valence-electron chi connectivity index (χ3n) is 4.76. The average molecular weight is 336 g/mol. The zero-order chi connectivity index (χ0) is 17.4. The number of aromatic nitrogens is 3. The Morgan fingerprint density at radius 1 is 1.12 bits per heavy atom. The lowest BCUT2D eigenvalue weighted by Crippen LogP contribution is -2.42. The van der Waals surface area contributed by atoms with Crippen molar-refractivity contribution in [1.82, 2.24) is 19.9 Å². The molecule has 7 heteroatoms. The van der Waals surface area contributed by atoms with Crippen LogP contribution in [0.25, 0.3) is 0 Å². The van der Waals surface area contributed by atoms with E-state index in [1.54, 1.807) is 0 Å². The van der Waals surface area contributed by atoms with Gasteiger partial charge in [0.1, 0.15) is 0 Å². The molecule has 0 radical (unpaired) electrons. The SMILES string of the molecule is CCCCCCCNc1nc(N)nc(N(C)C2CCN(C)CC2)n1. The van der Waals surface area contributed by atoms with Crippen LogP contribution in [0.5, 0.6) is 0 Å². The molecule has 136 valence electrons. The first-order valence-corrected chi connectivity index (χ1v) is 9.27.